The molecule has 3 aromatic rings. The van der Waals surface area contributed by atoms with Crippen LogP contribution in [-0.4, -0.2) is 40.9 Å². The van der Waals surface area contributed by atoms with Crippen LogP contribution >= 0.6 is 23.1 Å². The molecule has 1 aliphatic carbocycles. The zero-order valence-electron chi connectivity index (χ0n) is 17.0. The molecule has 6 nitrogen and oxygen atoms in total. The van der Waals surface area contributed by atoms with Gasteiger partial charge in [0, 0.05) is 12.7 Å². The van der Waals surface area contributed by atoms with Crippen molar-refractivity contribution < 1.29 is 9.53 Å². The molecule has 156 valence electrons. The first kappa shape index (κ1) is 20.7. The Kier molecular flexibility index (Phi) is 6.54. The fourth-order valence-electron chi connectivity index (χ4n) is 3.65. The van der Waals surface area contributed by atoms with Crippen LogP contribution in [0.5, 0.6) is 5.75 Å². The van der Waals surface area contributed by atoms with Gasteiger partial charge >= 0.3 is 0 Å². The van der Waals surface area contributed by atoms with Crippen molar-refractivity contribution in [2.75, 3.05) is 25.2 Å². The molecule has 1 heterocycles. The van der Waals surface area contributed by atoms with Gasteiger partial charge in [0.1, 0.15) is 5.75 Å². The summed E-state index contributed by atoms with van der Waals surface area (Å²) in [6, 6.07) is 16.2. The Labute approximate surface area is 184 Å². The van der Waals surface area contributed by atoms with E-state index in [1.807, 2.05) is 36.2 Å². The largest absolute Gasteiger partial charge is 0.497 e. The van der Waals surface area contributed by atoms with Crippen molar-refractivity contribution in [3.05, 3.63) is 59.7 Å². The number of methoxy groups -OCH3 is 1. The second-order valence-corrected chi connectivity index (χ2v) is 9.33. The van der Waals surface area contributed by atoms with Gasteiger partial charge in [-0.3, -0.25) is 4.79 Å². The van der Waals surface area contributed by atoms with E-state index >= 15 is 0 Å². The number of aromatic nitrogens is 2. The SMILES string of the molecule is COc1ccc(Nc2nnc(SCC(=O)N(C)C3CCCc4ccccc43)s2)cc1. The lowest BCUT2D eigenvalue weighted by molar-refractivity contribution is -0.129. The summed E-state index contributed by atoms with van der Waals surface area (Å²) in [4.78, 5) is 14.7. The summed E-state index contributed by atoms with van der Waals surface area (Å²) in [6.45, 7) is 0. The minimum Gasteiger partial charge on any atom is -0.497 e. The van der Waals surface area contributed by atoms with E-state index in [2.05, 4.69) is 39.8 Å². The maximum atomic E-state index is 12.8. The van der Waals surface area contributed by atoms with E-state index in [1.54, 1.807) is 7.11 Å². The van der Waals surface area contributed by atoms with Gasteiger partial charge < -0.3 is 15.0 Å². The summed E-state index contributed by atoms with van der Waals surface area (Å²) in [5, 5.41) is 12.3. The number of benzene rings is 2. The molecule has 0 saturated heterocycles. The van der Waals surface area contributed by atoms with Gasteiger partial charge in [-0.25, -0.2) is 0 Å². The van der Waals surface area contributed by atoms with Gasteiger partial charge in [0.2, 0.25) is 11.0 Å². The number of amides is 1. The molecule has 1 aromatic heterocycles. The van der Waals surface area contributed by atoms with Crippen molar-refractivity contribution in [1.82, 2.24) is 15.1 Å². The van der Waals surface area contributed by atoms with Crippen LogP contribution in [0.25, 0.3) is 0 Å². The fraction of sp³-hybridized carbons (Fsp3) is 0.318. The molecule has 8 heteroatoms. The van der Waals surface area contributed by atoms with Gasteiger partial charge in [-0.15, -0.1) is 10.2 Å². The van der Waals surface area contributed by atoms with Crippen molar-refractivity contribution in [2.45, 2.75) is 29.6 Å². The highest BCUT2D eigenvalue weighted by atomic mass is 32.2. The topological polar surface area (TPSA) is 67.3 Å². The smallest absolute Gasteiger partial charge is 0.233 e. The normalized spacial score (nSPS) is 15.3. The molecule has 1 amide bonds. The van der Waals surface area contributed by atoms with Gasteiger partial charge in [-0.2, -0.15) is 0 Å². The summed E-state index contributed by atoms with van der Waals surface area (Å²) in [5.74, 6) is 1.27. The van der Waals surface area contributed by atoms with E-state index in [0.717, 1.165) is 35.0 Å². The van der Waals surface area contributed by atoms with Gasteiger partial charge in [0.25, 0.3) is 0 Å². The number of thioether (sulfide) groups is 1. The Hall–Kier alpha value is -2.58. The van der Waals surface area contributed by atoms with Gasteiger partial charge in [0.15, 0.2) is 4.34 Å². The summed E-state index contributed by atoms with van der Waals surface area (Å²) >= 11 is 2.88. The predicted octanol–water partition coefficient (Wildman–Crippen LogP) is 4.92. The molecule has 0 fully saturated rings. The van der Waals surface area contributed by atoms with Crippen molar-refractivity contribution in [3.63, 3.8) is 0 Å². The Morgan fingerprint density at radius 1 is 1.23 bits per heavy atom. The van der Waals surface area contributed by atoms with Crippen LogP contribution in [0.2, 0.25) is 0 Å². The molecule has 0 radical (unpaired) electrons. The van der Waals surface area contributed by atoms with Crippen molar-refractivity contribution in [1.29, 1.82) is 0 Å². The Morgan fingerprint density at radius 3 is 2.83 bits per heavy atom. The molecule has 0 spiro atoms. The third-order valence-electron chi connectivity index (χ3n) is 5.27. The number of carbonyl (C=O) groups is 1. The van der Waals surface area contributed by atoms with E-state index < -0.39 is 0 Å². The lowest BCUT2D eigenvalue weighted by Gasteiger charge is -2.33. The van der Waals surface area contributed by atoms with Crippen LogP contribution in [0.3, 0.4) is 0 Å². The second-order valence-electron chi connectivity index (χ2n) is 7.13. The number of carbonyl (C=O) groups excluding carboxylic acids is 1. The number of nitrogens with one attached hydrogen (secondary N) is 1. The molecule has 30 heavy (non-hydrogen) atoms. The third-order valence-corrected chi connectivity index (χ3v) is 7.22. The van der Waals surface area contributed by atoms with Crippen LogP contribution in [-0.2, 0) is 11.2 Å². The van der Waals surface area contributed by atoms with Gasteiger partial charge in [-0.05, 0) is 54.7 Å². The highest BCUT2D eigenvalue weighted by Crippen LogP contribution is 2.34. The van der Waals surface area contributed by atoms with Crippen LogP contribution < -0.4 is 10.1 Å². The number of nitrogens with zero attached hydrogens (tertiary/aromatic N) is 3. The Balaban J connectivity index is 1.33. The van der Waals surface area contributed by atoms with Crippen LogP contribution in [0.4, 0.5) is 10.8 Å². The molecule has 0 bridgehead atoms. The predicted molar refractivity (Wildman–Crippen MR) is 122 cm³/mol. The molecule has 0 aliphatic heterocycles. The molecule has 0 saturated carbocycles. The minimum atomic E-state index is 0.113. The zero-order valence-corrected chi connectivity index (χ0v) is 18.6. The quantitative estimate of drug-likeness (QED) is 0.526. The molecule has 1 unspecified atom stereocenters. The fourth-order valence-corrected chi connectivity index (χ4v) is 5.34. The number of anilines is 2. The number of aryl methyl sites for hydroxylation is 1. The molecule has 4 rings (SSSR count). The number of hydrogen-bond donors (Lipinski definition) is 1. The first-order valence-electron chi connectivity index (χ1n) is 9.85. The Morgan fingerprint density at radius 2 is 2.03 bits per heavy atom. The summed E-state index contributed by atoms with van der Waals surface area (Å²) in [7, 11) is 3.55. The van der Waals surface area contributed by atoms with Crippen molar-refractivity contribution >= 4 is 39.8 Å². The zero-order chi connectivity index (χ0) is 20.9. The molecule has 2 aromatic carbocycles. The standard InChI is InChI=1S/C22H24N4O2S2/c1-26(19-9-5-7-15-6-3-4-8-18(15)19)20(27)14-29-22-25-24-21(30-22)23-16-10-12-17(28-2)13-11-16/h3-4,6,8,10-13,19H,5,7,9,14H2,1-2H3,(H,23,24). The molecular formula is C22H24N4O2S2. The van der Waals surface area contributed by atoms with E-state index in [9.17, 15) is 4.79 Å². The average Bonchev–Trinajstić information content (AvgIpc) is 3.24. The summed E-state index contributed by atoms with van der Waals surface area (Å²) in [5.41, 5.74) is 3.56. The van der Waals surface area contributed by atoms with Crippen molar-refractivity contribution in [3.8, 4) is 5.75 Å². The van der Waals surface area contributed by atoms with Crippen LogP contribution in [0, 0.1) is 0 Å². The number of ether oxygens (including phenoxy) is 1. The highest BCUT2D eigenvalue weighted by Gasteiger charge is 2.26. The average molecular weight is 441 g/mol. The van der Waals surface area contributed by atoms with E-state index in [4.69, 9.17) is 4.74 Å². The van der Waals surface area contributed by atoms with Crippen LogP contribution in [0.1, 0.15) is 30.0 Å². The van der Waals surface area contributed by atoms with E-state index in [0.29, 0.717) is 10.9 Å². The number of hydrogen-bond acceptors (Lipinski definition) is 7. The summed E-state index contributed by atoms with van der Waals surface area (Å²) in [6.07, 6.45) is 3.22. The maximum absolute atomic E-state index is 12.8. The lowest BCUT2D eigenvalue weighted by Crippen LogP contribution is -2.34. The second kappa shape index (κ2) is 9.49. The first-order valence-corrected chi connectivity index (χ1v) is 11.6. The van der Waals surface area contributed by atoms with E-state index in [1.165, 1.54) is 34.2 Å². The third kappa shape index (κ3) is 4.76. The molecular weight excluding hydrogens is 416 g/mol. The number of rotatable bonds is 7. The highest BCUT2D eigenvalue weighted by molar-refractivity contribution is 8.01. The maximum Gasteiger partial charge on any atom is 0.233 e. The number of fused-ring (bicyclic) bond motifs is 1. The van der Waals surface area contributed by atoms with Gasteiger partial charge in [-0.1, -0.05) is 47.4 Å². The van der Waals surface area contributed by atoms with E-state index in [-0.39, 0.29) is 11.9 Å². The molecule has 1 N–H and O–H groups in total. The minimum absolute atomic E-state index is 0.113. The molecule has 1 aliphatic rings. The molecule has 1 atom stereocenters. The first-order chi connectivity index (χ1) is 14.6. The lowest BCUT2D eigenvalue weighted by atomic mass is 9.87. The Bertz CT molecular complexity index is 1010. The van der Waals surface area contributed by atoms with Crippen molar-refractivity contribution in [2.24, 2.45) is 0 Å². The van der Waals surface area contributed by atoms with Crippen LogP contribution in [0.15, 0.2) is 52.9 Å². The summed E-state index contributed by atoms with van der Waals surface area (Å²) < 4.78 is 5.94. The van der Waals surface area contributed by atoms with Gasteiger partial charge in [0.05, 0.1) is 18.9 Å². The monoisotopic (exact) mass is 440 g/mol.